The van der Waals surface area contributed by atoms with Gasteiger partial charge in [0.2, 0.25) is 5.91 Å². The van der Waals surface area contributed by atoms with Crippen molar-refractivity contribution in [2.45, 2.75) is 31.3 Å². The molecule has 2 heterocycles. The molecule has 0 spiro atoms. The Hall–Kier alpha value is -2.28. The van der Waals surface area contributed by atoms with Crippen LogP contribution in [0.5, 0.6) is 5.75 Å². The Bertz CT molecular complexity index is 614. The first kappa shape index (κ1) is 17.5. The maximum atomic E-state index is 12.4. The van der Waals surface area contributed by atoms with E-state index in [4.69, 9.17) is 4.74 Å². The van der Waals surface area contributed by atoms with Gasteiger partial charge in [0.1, 0.15) is 5.75 Å². The number of likely N-dealkylation sites (N-methyl/N-ethyl adjacent to an activating group) is 1. The van der Waals surface area contributed by atoms with Gasteiger partial charge in [-0.05, 0) is 18.9 Å². The Balaban J connectivity index is 1.46. The van der Waals surface area contributed by atoms with Crippen molar-refractivity contribution in [3.8, 4) is 5.75 Å². The van der Waals surface area contributed by atoms with Crippen LogP contribution in [0.25, 0.3) is 0 Å². The van der Waals surface area contributed by atoms with Crippen LogP contribution in [0.15, 0.2) is 24.3 Å². The number of amides is 3. The van der Waals surface area contributed by atoms with Gasteiger partial charge in [-0.15, -0.1) is 0 Å². The summed E-state index contributed by atoms with van der Waals surface area (Å²) in [5.74, 6) is 0.879. The minimum Gasteiger partial charge on any atom is -0.493 e. The van der Waals surface area contributed by atoms with Gasteiger partial charge in [0.05, 0.1) is 19.2 Å². The third-order valence-electron chi connectivity index (χ3n) is 4.83. The molecule has 1 atom stereocenters. The molecule has 1 aromatic carbocycles. The highest BCUT2D eigenvalue weighted by atomic mass is 16.5. The summed E-state index contributed by atoms with van der Waals surface area (Å²) in [6.07, 6.45) is 2.48. The SMILES string of the molecule is CNC(=O)CN1CCC(NC(=O)NC2CCOc3ccccc32)CC1. The summed E-state index contributed by atoms with van der Waals surface area (Å²) in [7, 11) is 1.65. The van der Waals surface area contributed by atoms with Crippen molar-refractivity contribution in [2.24, 2.45) is 0 Å². The number of nitrogens with one attached hydrogen (secondary N) is 3. The van der Waals surface area contributed by atoms with E-state index in [0.717, 1.165) is 43.7 Å². The number of urea groups is 1. The summed E-state index contributed by atoms with van der Waals surface area (Å²) < 4.78 is 5.63. The first-order valence-corrected chi connectivity index (χ1v) is 8.87. The van der Waals surface area contributed by atoms with Crippen LogP contribution in [-0.2, 0) is 4.79 Å². The lowest BCUT2D eigenvalue weighted by molar-refractivity contribution is -0.122. The average molecular weight is 346 g/mol. The normalized spacial score (nSPS) is 20.9. The fraction of sp³-hybridized carbons (Fsp3) is 0.556. The van der Waals surface area contributed by atoms with Crippen LogP contribution in [0, 0.1) is 0 Å². The number of para-hydroxylation sites is 1. The predicted octanol–water partition coefficient (Wildman–Crippen LogP) is 1.02. The highest BCUT2D eigenvalue weighted by Gasteiger charge is 2.25. The van der Waals surface area contributed by atoms with Crippen molar-refractivity contribution < 1.29 is 14.3 Å². The minimum absolute atomic E-state index is 0.0155. The molecule has 1 aromatic rings. The second-order valence-corrected chi connectivity index (χ2v) is 6.57. The third-order valence-corrected chi connectivity index (χ3v) is 4.83. The zero-order valence-corrected chi connectivity index (χ0v) is 14.6. The third kappa shape index (κ3) is 4.63. The summed E-state index contributed by atoms with van der Waals surface area (Å²) in [6, 6.07) is 7.83. The number of hydrogen-bond donors (Lipinski definition) is 3. The minimum atomic E-state index is -0.133. The summed E-state index contributed by atoms with van der Waals surface area (Å²) in [5, 5.41) is 8.77. The first-order chi connectivity index (χ1) is 12.2. The van der Waals surface area contributed by atoms with Crippen molar-refractivity contribution in [3.63, 3.8) is 0 Å². The Labute approximate surface area is 148 Å². The van der Waals surface area contributed by atoms with Crippen LogP contribution >= 0.6 is 0 Å². The molecule has 25 heavy (non-hydrogen) atoms. The molecule has 7 heteroatoms. The lowest BCUT2D eigenvalue weighted by Gasteiger charge is -2.32. The lowest BCUT2D eigenvalue weighted by Crippen LogP contribution is -2.50. The van der Waals surface area contributed by atoms with Crippen molar-refractivity contribution in [1.82, 2.24) is 20.9 Å². The molecule has 0 aromatic heterocycles. The molecule has 0 aliphatic carbocycles. The smallest absolute Gasteiger partial charge is 0.315 e. The average Bonchev–Trinajstić information content (AvgIpc) is 2.63. The fourth-order valence-corrected chi connectivity index (χ4v) is 3.39. The standard InChI is InChI=1S/C18H26N4O3/c1-19-17(23)12-22-9-6-13(7-10-22)20-18(24)21-15-8-11-25-16-5-3-2-4-14(15)16/h2-5,13,15H,6-12H2,1H3,(H,19,23)(H2,20,21,24). The van der Waals surface area contributed by atoms with Gasteiger partial charge < -0.3 is 20.7 Å². The van der Waals surface area contributed by atoms with Gasteiger partial charge >= 0.3 is 6.03 Å². The Morgan fingerprint density at radius 3 is 2.68 bits per heavy atom. The maximum Gasteiger partial charge on any atom is 0.315 e. The van der Waals surface area contributed by atoms with E-state index >= 15 is 0 Å². The molecule has 1 saturated heterocycles. The highest BCUT2D eigenvalue weighted by molar-refractivity contribution is 5.77. The Kier molecular flexibility index (Phi) is 5.75. The van der Waals surface area contributed by atoms with E-state index < -0.39 is 0 Å². The van der Waals surface area contributed by atoms with Crippen LogP contribution in [0.4, 0.5) is 4.79 Å². The monoisotopic (exact) mass is 346 g/mol. The number of likely N-dealkylation sites (tertiary alicyclic amines) is 1. The Morgan fingerprint density at radius 1 is 1.16 bits per heavy atom. The van der Waals surface area contributed by atoms with Gasteiger partial charge in [0, 0.05) is 38.2 Å². The molecule has 0 radical (unpaired) electrons. The largest absolute Gasteiger partial charge is 0.493 e. The molecule has 0 saturated carbocycles. The molecular weight excluding hydrogens is 320 g/mol. The molecule has 2 aliphatic heterocycles. The molecule has 0 bridgehead atoms. The quantitative estimate of drug-likeness (QED) is 0.760. The molecule has 136 valence electrons. The lowest BCUT2D eigenvalue weighted by atomic mass is 10.0. The fourth-order valence-electron chi connectivity index (χ4n) is 3.39. The van der Waals surface area contributed by atoms with Gasteiger partial charge in [-0.2, -0.15) is 0 Å². The van der Waals surface area contributed by atoms with Crippen LogP contribution < -0.4 is 20.7 Å². The van der Waals surface area contributed by atoms with Crippen LogP contribution in [0.1, 0.15) is 30.9 Å². The van der Waals surface area contributed by atoms with Crippen LogP contribution in [-0.4, -0.2) is 56.2 Å². The van der Waals surface area contributed by atoms with Crippen molar-refractivity contribution >= 4 is 11.9 Å². The van der Waals surface area contributed by atoms with Crippen molar-refractivity contribution in [3.05, 3.63) is 29.8 Å². The number of fused-ring (bicyclic) bond motifs is 1. The second kappa shape index (κ2) is 8.20. The number of benzene rings is 1. The molecule has 3 rings (SSSR count). The summed E-state index contributed by atoms with van der Waals surface area (Å²) in [5.41, 5.74) is 1.03. The van der Waals surface area contributed by atoms with Gasteiger partial charge in [-0.3, -0.25) is 9.69 Å². The molecule has 3 amide bonds. The zero-order valence-electron chi connectivity index (χ0n) is 14.6. The summed E-state index contributed by atoms with van der Waals surface area (Å²) >= 11 is 0. The first-order valence-electron chi connectivity index (χ1n) is 8.87. The topological polar surface area (TPSA) is 82.7 Å². The second-order valence-electron chi connectivity index (χ2n) is 6.57. The van der Waals surface area contributed by atoms with Gasteiger partial charge in [0.25, 0.3) is 0 Å². The van der Waals surface area contributed by atoms with E-state index in [1.165, 1.54) is 0 Å². The molecule has 3 N–H and O–H groups in total. The number of piperidine rings is 1. The van der Waals surface area contributed by atoms with E-state index in [1.54, 1.807) is 7.05 Å². The summed E-state index contributed by atoms with van der Waals surface area (Å²) in [4.78, 5) is 25.9. The van der Waals surface area contributed by atoms with Gasteiger partial charge in [-0.1, -0.05) is 18.2 Å². The Morgan fingerprint density at radius 2 is 1.92 bits per heavy atom. The van der Waals surface area contributed by atoms with E-state index in [2.05, 4.69) is 20.9 Å². The zero-order chi connectivity index (χ0) is 17.6. The summed E-state index contributed by atoms with van der Waals surface area (Å²) in [6.45, 7) is 2.67. The molecule has 1 fully saturated rings. The van der Waals surface area contributed by atoms with E-state index in [0.29, 0.717) is 13.2 Å². The number of carbonyl (C=O) groups is 2. The molecular formula is C18H26N4O3. The number of ether oxygens (including phenoxy) is 1. The van der Waals surface area contributed by atoms with E-state index in [9.17, 15) is 9.59 Å². The van der Waals surface area contributed by atoms with E-state index in [1.807, 2.05) is 24.3 Å². The number of nitrogens with zero attached hydrogens (tertiary/aromatic N) is 1. The molecule has 7 nitrogen and oxygen atoms in total. The van der Waals surface area contributed by atoms with Crippen LogP contribution in [0.2, 0.25) is 0 Å². The predicted molar refractivity (Wildman–Crippen MR) is 94.5 cm³/mol. The maximum absolute atomic E-state index is 12.4. The van der Waals surface area contributed by atoms with Gasteiger partial charge in [0.15, 0.2) is 0 Å². The number of carbonyl (C=O) groups excluding carboxylic acids is 2. The molecule has 1 unspecified atom stereocenters. The van der Waals surface area contributed by atoms with E-state index in [-0.39, 0.29) is 24.0 Å². The van der Waals surface area contributed by atoms with Crippen molar-refractivity contribution in [2.75, 3.05) is 33.3 Å². The number of rotatable bonds is 4. The highest BCUT2D eigenvalue weighted by Crippen LogP contribution is 2.31. The van der Waals surface area contributed by atoms with Crippen LogP contribution in [0.3, 0.4) is 0 Å². The number of hydrogen-bond acceptors (Lipinski definition) is 4. The molecule has 2 aliphatic rings. The van der Waals surface area contributed by atoms with Gasteiger partial charge in [-0.25, -0.2) is 4.79 Å². The van der Waals surface area contributed by atoms with Crippen molar-refractivity contribution in [1.29, 1.82) is 0 Å².